The molecule has 0 saturated carbocycles. The van der Waals surface area contributed by atoms with E-state index in [2.05, 4.69) is 20.3 Å². The molecule has 4 aromatic heterocycles. The molecule has 0 unspecified atom stereocenters. The summed E-state index contributed by atoms with van der Waals surface area (Å²) >= 11 is 7.08. The summed E-state index contributed by atoms with van der Waals surface area (Å²) in [4.78, 5) is 35.8. The minimum absolute atomic E-state index is 0.185. The largest absolute Gasteiger partial charge is 0.346 e. The lowest BCUT2D eigenvalue weighted by molar-refractivity contribution is 0.0954. The van der Waals surface area contributed by atoms with Gasteiger partial charge in [-0.15, -0.1) is 11.3 Å². The van der Waals surface area contributed by atoms with Crippen molar-refractivity contribution in [2.24, 2.45) is 0 Å². The smallest absolute Gasteiger partial charge is 0.261 e. The number of thiophene rings is 1. The van der Waals surface area contributed by atoms with Crippen molar-refractivity contribution in [3.05, 3.63) is 86.6 Å². The number of nitrogens with zero attached hydrogens (tertiary/aromatic N) is 3. The Hall–Kier alpha value is -3.23. The minimum Gasteiger partial charge on any atom is -0.346 e. The Bertz CT molecular complexity index is 1180. The molecule has 0 atom stereocenters. The summed E-state index contributed by atoms with van der Waals surface area (Å²) in [5.74, 6) is -0.189. The highest BCUT2D eigenvalue weighted by Crippen LogP contribution is 2.21. The summed E-state index contributed by atoms with van der Waals surface area (Å²) < 4.78 is 2.37. The Balaban J connectivity index is 1.45. The van der Waals surface area contributed by atoms with Crippen molar-refractivity contribution in [2.75, 3.05) is 0 Å². The molecule has 0 fully saturated rings. The van der Waals surface area contributed by atoms with Crippen LogP contribution in [0.15, 0.2) is 66.1 Å². The number of nitrogens with one attached hydrogen (secondary N) is 2. The fraction of sp³-hybridized carbons (Fsp3) is 0.0526. The second-order valence-electron chi connectivity index (χ2n) is 5.87. The molecule has 9 heteroatoms. The van der Waals surface area contributed by atoms with E-state index in [9.17, 15) is 9.59 Å². The lowest BCUT2D eigenvalue weighted by atomic mass is 10.2. The highest BCUT2D eigenvalue weighted by molar-refractivity contribution is 7.17. The monoisotopic (exact) mass is 411 g/mol. The quantitative estimate of drug-likeness (QED) is 0.527. The summed E-state index contributed by atoms with van der Waals surface area (Å²) in [5, 5.41) is 2.81. The lowest BCUT2D eigenvalue weighted by Gasteiger charge is -2.04. The van der Waals surface area contributed by atoms with Crippen LogP contribution in [0.5, 0.6) is 0 Å². The van der Waals surface area contributed by atoms with Gasteiger partial charge in [0.25, 0.3) is 11.5 Å². The molecule has 0 spiro atoms. The van der Waals surface area contributed by atoms with Crippen LogP contribution in [0.2, 0.25) is 4.34 Å². The number of hydrogen-bond donors (Lipinski definition) is 2. The zero-order valence-electron chi connectivity index (χ0n) is 14.4. The van der Waals surface area contributed by atoms with E-state index in [1.54, 1.807) is 53.6 Å². The fourth-order valence-electron chi connectivity index (χ4n) is 2.61. The molecule has 0 aliphatic rings. The van der Waals surface area contributed by atoms with Gasteiger partial charge >= 0.3 is 0 Å². The van der Waals surface area contributed by atoms with Gasteiger partial charge in [0.1, 0.15) is 0 Å². The molecular weight excluding hydrogens is 398 g/mol. The van der Waals surface area contributed by atoms with E-state index in [0.29, 0.717) is 32.7 Å². The summed E-state index contributed by atoms with van der Waals surface area (Å²) in [5.41, 5.74) is 2.42. The average Bonchev–Trinajstić information content (AvgIpc) is 3.36. The van der Waals surface area contributed by atoms with Crippen LogP contribution in [0.3, 0.4) is 0 Å². The third-order valence-corrected chi connectivity index (χ3v) is 5.23. The molecular formula is C19H14ClN5O2S. The van der Waals surface area contributed by atoms with Crippen LogP contribution in [0, 0.1) is 0 Å². The van der Waals surface area contributed by atoms with E-state index in [4.69, 9.17) is 11.6 Å². The maximum Gasteiger partial charge on any atom is 0.261 e. The molecule has 4 aromatic rings. The first kappa shape index (κ1) is 18.1. The number of amides is 1. The van der Waals surface area contributed by atoms with Crippen molar-refractivity contribution in [3.8, 4) is 16.9 Å². The van der Waals surface area contributed by atoms with Crippen molar-refractivity contribution in [3.63, 3.8) is 0 Å². The summed E-state index contributed by atoms with van der Waals surface area (Å²) in [6.45, 7) is 0.298. The summed E-state index contributed by atoms with van der Waals surface area (Å²) in [7, 11) is 0. The lowest BCUT2D eigenvalue weighted by Crippen LogP contribution is -2.21. The van der Waals surface area contributed by atoms with Gasteiger partial charge in [0.05, 0.1) is 50.9 Å². The summed E-state index contributed by atoms with van der Waals surface area (Å²) in [6, 6.07) is 10.5. The highest BCUT2D eigenvalue weighted by atomic mass is 35.5. The summed E-state index contributed by atoms with van der Waals surface area (Å²) in [6.07, 6.45) is 6.71. The Labute approximate surface area is 168 Å². The van der Waals surface area contributed by atoms with Crippen LogP contribution < -0.4 is 10.9 Å². The molecule has 0 aliphatic carbocycles. The Morgan fingerprint density at radius 2 is 2.11 bits per heavy atom. The molecule has 28 heavy (non-hydrogen) atoms. The Morgan fingerprint density at radius 1 is 1.21 bits per heavy atom. The molecule has 4 rings (SSSR count). The van der Waals surface area contributed by atoms with E-state index in [1.165, 1.54) is 11.3 Å². The van der Waals surface area contributed by atoms with E-state index in [-0.39, 0.29) is 11.5 Å². The van der Waals surface area contributed by atoms with Gasteiger partial charge in [0.2, 0.25) is 0 Å². The van der Waals surface area contributed by atoms with Crippen LogP contribution in [-0.4, -0.2) is 25.4 Å². The molecule has 7 nitrogen and oxygen atoms in total. The van der Waals surface area contributed by atoms with Crippen LogP contribution in [0.25, 0.3) is 16.9 Å². The van der Waals surface area contributed by atoms with Crippen molar-refractivity contribution < 1.29 is 4.79 Å². The van der Waals surface area contributed by atoms with Gasteiger partial charge in [-0.1, -0.05) is 11.6 Å². The first-order chi connectivity index (χ1) is 13.6. The van der Waals surface area contributed by atoms with E-state index in [1.807, 2.05) is 12.3 Å². The maximum atomic E-state index is 12.1. The molecule has 0 bridgehead atoms. The van der Waals surface area contributed by atoms with E-state index >= 15 is 0 Å². The third-order valence-electron chi connectivity index (χ3n) is 4.00. The highest BCUT2D eigenvalue weighted by Gasteiger charge is 2.10. The van der Waals surface area contributed by atoms with Crippen molar-refractivity contribution in [2.45, 2.75) is 6.54 Å². The molecule has 0 aliphatic heterocycles. The van der Waals surface area contributed by atoms with Crippen LogP contribution in [-0.2, 0) is 6.54 Å². The maximum absolute atomic E-state index is 12.1. The number of rotatable bonds is 5. The van der Waals surface area contributed by atoms with Gasteiger partial charge in [-0.05, 0) is 36.4 Å². The molecule has 4 heterocycles. The predicted molar refractivity (Wildman–Crippen MR) is 108 cm³/mol. The number of aromatic nitrogens is 4. The van der Waals surface area contributed by atoms with Gasteiger partial charge in [-0.3, -0.25) is 14.6 Å². The zero-order valence-corrected chi connectivity index (χ0v) is 16.0. The van der Waals surface area contributed by atoms with Gasteiger partial charge in [0, 0.05) is 12.4 Å². The van der Waals surface area contributed by atoms with Gasteiger partial charge in [-0.2, -0.15) is 0 Å². The fourth-order valence-corrected chi connectivity index (χ4v) is 3.57. The number of aromatic amines is 1. The second-order valence-corrected chi connectivity index (χ2v) is 7.59. The molecule has 0 radical (unpaired) electrons. The number of H-pyrrole nitrogens is 1. The van der Waals surface area contributed by atoms with Gasteiger partial charge in [-0.25, -0.2) is 4.98 Å². The number of halogens is 1. The predicted octanol–water partition coefficient (Wildman–Crippen LogP) is 3.27. The van der Waals surface area contributed by atoms with Crippen molar-refractivity contribution in [1.29, 1.82) is 0 Å². The first-order valence-corrected chi connectivity index (χ1v) is 9.50. The number of hydrogen-bond acceptors (Lipinski definition) is 5. The number of carbonyl (C=O) groups is 1. The van der Waals surface area contributed by atoms with E-state index in [0.717, 1.165) is 5.69 Å². The van der Waals surface area contributed by atoms with Gasteiger partial charge < -0.3 is 14.9 Å². The first-order valence-electron chi connectivity index (χ1n) is 8.31. The zero-order chi connectivity index (χ0) is 19.5. The number of imidazole rings is 1. The molecule has 2 N–H and O–H groups in total. The minimum atomic E-state index is -0.189. The normalized spacial score (nSPS) is 10.8. The topological polar surface area (TPSA) is 92.7 Å². The number of carbonyl (C=O) groups excluding carboxylic acids is 1. The van der Waals surface area contributed by atoms with Crippen LogP contribution in [0.4, 0.5) is 0 Å². The third kappa shape index (κ3) is 3.88. The molecule has 1 amide bonds. The standard InChI is InChI=1S/C19H14ClN5O2S/c20-17-6-5-16(28-17)19(27)23-8-12-10-25(11-24-12)13-3-4-15(22-9-13)14-2-1-7-21-18(14)26/h1-7,9-11H,8H2,(H,21,26)(H,23,27). The molecule has 0 saturated heterocycles. The van der Waals surface area contributed by atoms with Gasteiger partial charge in [0.15, 0.2) is 0 Å². The molecule has 140 valence electrons. The molecule has 0 aromatic carbocycles. The SMILES string of the molecule is O=C(NCc1cn(-c2ccc(-c3ccc[nH]c3=O)nc2)cn1)c1ccc(Cl)s1. The Kier molecular flexibility index (Phi) is 5.05. The van der Waals surface area contributed by atoms with Crippen molar-refractivity contribution in [1.82, 2.24) is 24.8 Å². The van der Waals surface area contributed by atoms with E-state index < -0.39 is 0 Å². The second kappa shape index (κ2) is 7.79. The Morgan fingerprint density at radius 3 is 2.82 bits per heavy atom. The average molecular weight is 412 g/mol. The van der Waals surface area contributed by atoms with Crippen LogP contribution in [0.1, 0.15) is 15.4 Å². The van der Waals surface area contributed by atoms with Crippen molar-refractivity contribution >= 4 is 28.8 Å². The van der Waals surface area contributed by atoms with Crippen LogP contribution >= 0.6 is 22.9 Å². The number of pyridine rings is 2.